The molecular weight excluding hydrogens is 350 g/mol. The minimum Gasteiger partial charge on any atom is -0.332 e. The molecule has 4 rings (SSSR count). The Hall–Kier alpha value is -3.65. The lowest BCUT2D eigenvalue weighted by molar-refractivity contribution is 0.0735. The van der Waals surface area contributed by atoms with Gasteiger partial charge in [0.05, 0.1) is 17.7 Å². The number of pyridine rings is 1. The second-order valence-corrected chi connectivity index (χ2v) is 6.87. The fourth-order valence-corrected chi connectivity index (χ4v) is 3.78. The van der Waals surface area contributed by atoms with Gasteiger partial charge >= 0.3 is 0 Å². The number of nitriles is 1. The Morgan fingerprint density at radius 3 is 2.50 bits per heavy atom. The molecule has 2 aromatic carbocycles. The van der Waals surface area contributed by atoms with Crippen LogP contribution in [-0.2, 0) is 0 Å². The molecule has 3 aromatic rings. The van der Waals surface area contributed by atoms with Gasteiger partial charge in [-0.05, 0) is 53.8 Å². The van der Waals surface area contributed by atoms with Crippen molar-refractivity contribution in [2.75, 3.05) is 6.54 Å². The van der Waals surface area contributed by atoms with E-state index < -0.39 is 0 Å². The van der Waals surface area contributed by atoms with Crippen LogP contribution in [0.5, 0.6) is 0 Å². The van der Waals surface area contributed by atoms with Crippen molar-refractivity contribution < 1.29 is 4.79 Å². The van der Waals surface area contributed by atoms with Crippen LogP contribution >= 0.6 is 0 Å². The lowest BCUT2D eigenvalue weighted by Gasteiger charge is -2.26. The second kappa shape index (κ2) is 7.53. The Morgan fingerprint density at radius 2 is 1.79 bits per heavy atom. The number of likely N-dealkylation sites (tertiary alicyclic amines) is 1. The van der Waals surface area contributed by atoms with Crippen LogP contribution in [0.3, 0.4) is 0 Å². The number of H-pyrrole nitrogens is 1. The molecule has 28 heavy (non-hydrogen) atoms. The Labute approximate surface area is 162 Å². The Balaban J connectivity index is 1.59. The van der Waals surface area contributed by atoms with Gasteiger partial charge in [0.25, 0.3) is 5.91 Å². The predicted octanol–water partition coefficient (Wildman–Crippen LogP) is 3.89. The second-order valence-electron chi connectivity index (χ2n) is 6.87. The normalized spacial score (nSPS) is 16.0. The summed E-state index contributed by atoms with van der Waals surface area (Å²) < 4.78 is 0. The maximum absolute atomic E-state index is 13.1. The number of nitrogens with zero attached hydrogens (tertiary/aromatic N) is 2. The number of aromatic nitrogens is 1. The first-order valence-corrected chi connectivity index (χ1v) is 9.26. The molecule has 1 unspecified atom stereocenters. The van der Waals surface area contributed by atoms with E-state index in [9.17, 15) is 14.9 Å². The zero-order valence-electron chi connectivity index (χ0n) is 15.3. The quantitative estimate of drug-likeness (QED) is 0.761. The zero-order valence-corrected chi connectivity index (χ0v) is 15.3. The van der Waals surface area contributed by atoms with Crippen molar-refractivity contribution >= 4 is 5.91 Å². The van der Waals surface area contributed by atoms with Crippen LogP contribution in [0.25, 0.3) is 11.1 Å². The molecule has 1 amide bonds. The van der Waals surface area contributed by atoms with Gasteiger partial charge in [-0.15, -0.1) is 0 Å². The van der Waals surface area contributed by atoms with Crippen LogP contribution < -0.4 is 5.56 Å². The Morgan fingerprint density at radius 1 is 1.04 bits per heavy atom. The summed E-state index contributed by atoms with van der Waals surface area (Å²) in [6.45, 7) is 0.685. The number of rotatable bonds is 3. The van der Waals surface area contributed by atoms with Crippen LogP contribution in [0.15, 0.2) is 71.7 Å². The summed E-state index contributed by atoms with van der Waals surface area (Å²) in [5, 5.41) is 9.40. The molecule has 1 aliphatic rings. The first-order chi connectivity index (χ1) is 13.7. The molecule has 1 saturated heterocycles. The molecule has 1 fully saturated rings. The largest absolute Gasteiger partial charge is 0.332 e. The summed E-state index contributed by atoms with van der Waals surface area (Å²) in [5.74, 6) is -0.0248. The van der Waals surface area contributed by atoms with Gasteiger partial charge in [-0.1, -0.05) is 30.3 Å². The first-order valence-electron chi connectivity index (χ1n) is 9.26. The molecule has 0 saturated carbocycles. The van der Waals surface area contributed by atoms with E-state index in [1.807, 2.05) is 47.4 Å². The van der Waals surface area contributed by atoms with Crippen molar-refractivity contribution in [3.05, 3.63) is 93.9 Å². The fraction of sp³-hybridized carbons (Fsp3) is 0.174. The molecule has 1 atom stereocenters. The number of hydrogen-bond donors (Lipinski definition) is 1. The maximum atomic E-state index is 13.1. The summed E-state index contributed by atoms with van der Waals surface area (Å²) in [5.41, 5.74) is 3.84. The Kier molecular flexibility index (Phi) is 4.77. The van der Waals surface area contributed by atoms with Gasteiger partial charge in [0.2, 0.25) is 5.56 Å². The number of benzene rings is 2. The zero-order chi connectivity index (χ0) is 19.5. The van der Waals surface area contributed by atoms with Gasteiger partial charge in [0.1, 0.15) is 0 Å². The summed E-state index contributed by atoms with van der Waals surface area (Å²) in [6, 6.07) is 20.3. The van der Waals surface area contributed by atoms with Gasteiger partial charge < -0.3 is 9.88 Å². The van der Waals surface area contributed by atoms with E-state index in [4.69, 9.17) is 0 Å². The van der Waals surface area contributed by atoms with Crippen LogP contribution in [0, 0.1) is 11.3 Å². The van der Waals surface area contributed by atoms with E-state index in [0.717, 1.165) is 29.5 Å². The molecule has 138 valence electrons. The Bertz CT molecular complexity index is 1090. The number of aromatic amines is 1. The molecule has 0 spiro atoms. The van der Waals surface area contributed by atoms with E-state index in [1.54, 1.807) is 18.3 Å². The molecule has 1 aromatic heterocycles. The van der Waals surface area contributed by atoms with Gasteiger partial charge in [-0.3, -0.25) is 9.59 Å². The minimum atomic E-state index is -0.145. The molecule has 1 aliphatic heterocycles. The summed E-state index contributed by atoms with van der Waals surface area (Å²) in [6.07, 6.45) is 3.44. The average molecular weight is 369 g/mol. The topological polar surface area (TPSA) is 77.0 Å². The van der Waals surface area contributed by atoms with Crippen molar-refractivity contribution in [3.8, 4) is 17.2 Å². The van der Waals surface area contributed by atoms with Crippen LogP contribution in [-0.4, -0.2) is 22.3 Å². The smallest absolute Gasteiger partial charge is 0.254 e. The summed E-state index contributed by atoms with van der Waals surface area (Å²) >= 11 is 0. The number of carbonyl (C=O) groups excluding carboxylic acids is 1. The molecule has 2 heterocycles. The van der Waals surface area contributed by atoms with Crippen LogP contribution in [0.1, 0.15) is 40.4 Å². The maximum Gasteiger partial charge on any atom is 0.254 e. The highest BCUT2D eigenvalue weighted by atomic mass is 16.2. The lowest BCUT2D eigenvalue weighted by Crippen LogP contribution is -2.30. The number of hydrogen-bond acceptors (Lipinski definition) is 3. The molecule has 0 bridgehead atoms. The average Bonchev–Trinajstić information content (AvgIpc) is 3.23. The fourth-order valence-electron chi connectivity index (χ4n) is 3.78. The SMILES string of the molecule is N#Cc1ccccc1C1CCCN1C(=O)c1ccc(-c2ccc(=O)[nH]c2)cc1. The van der Waals surface area contributed by atoms with Gasteiger partial charge in [-0.2, -0.15) is 5.26 Å². The molecule has 5 nitrogen and oxygen atoms in total. The van der Waals surface area contributed by atoms with E-state index in [0.29, 0.717) is 17.7 Å². The van der Waals surface area contributed by atoms with Crippen molar-refractivity contribution in [1.29, 1.82) is 5.26 Å². The van der Waals surface area contributed by atoms with E-state index in [2.05, 4.69) is 11.1 Å². The molecule has 1 N–H and O–H groups in total. The molecule has 0 aliphatic carbocycles. The highest BCUT2D eigenvalue weighted by Gasteiger charge is 2.31. The third kappa shape index (κ3) is 3.33. The summed E-state index contributed by atoms with van der Waals surface area (Å²) in [7, 11) is 0. The molecule has 5 heteroatoms. The highest BCUT2D eigenvalue weighted by molar-refractivity contribution is 5.95. The predicted molar refractivity (Wildman–Crippen MR) is 107 cm³/mol. The molecule has 0 radical (unpaired) electrons. The van der Waals surface area contributed by atoms with Crippen molar-refractivity contribution in [2.45, 2.75) is 18.9 Å². The summed E-state index contributed by atoms with van der Waals surface area (Å²) in [4.78, 5) is 28.9. The van der Waals surface area contributed by atoms with Gasteiger partial charge in [0.15, 0.2) is 0 Å². The van der Waals surface area contributed by atoms with Crippen LogP contribution in [0.2, 0.25) is 0 Å². The van der Waals surface area contributed by atoms with Crippen molar-refractivity contribution in [1.82, 2.24) is 9.88 Å². The van der Waals surface area contributed by atoms with Crippen molar-refractivity contribution in [3.63, 3.8) is 0 Å². The third-order valence-electron chi connectivity index (χ3n) is 5.20. The van der Waals surface area contributed by atoms with Gasteiger partial charge in [0, 0.05) is 24.4 Å². The number of amides is 1. The van der Waals surface area contributed by atoms with Crippen molar-refractivity contribution in [2.24, 2.45) is 0 Å². The minimum absolute atomic E-state index is 0.0248. The van der Waals surface area contributed by atoms with E-state index in [1.165, 1.54) is 6.07 Å². The number of nitrogens with one attached hydrogen (secondary N) is 1. The van der Waals surface area contributed by atoms with Gasteiger partial charge in [-0.25, -0.2) is 0 Å². The third-order valence-corrected chi connectivity index (χ3v) is 5.20. The highest BCUT2D eigenvalue weighted by Crippen LogP contribution is 2.35. The standard InChI is InChI=1S/C23H19N3O2/c24-14-18-4-1-2-5-20(18)21-6-3-13-26(21)23(28)17-9-7-16(8-10-17)19-11-12-22(27)25-15-19/h1-2,4-5,7-12,15,21H,3,6,13H2,(H,25,27). The van der Waals surface area contributed by atoms with Crippen LogP contribution in [0.4, 0.5) is 0 Å². The monoisotopic (exact) mass is 369 g/mol. The van der Waals surface area contributed by atoms with E-state index >= 15 is 0 Å². The lowest BCUT2D eigenvalue weighted by atomic mass is 9.98. The van der Waals surface area contributed by atoms with E-state index in [-0.39, 0.29) is 17.5 Å². The molecular formula is C23H19N3O2. The first kappa shape index (κ1) is 17.7. The number of carbonyl (C=O) groups is 1.